The molecule has 52 heavy (non-hydrogen) atoms. The first-order valence-corrected chi connectivity index (χ1v) is 18.5. The summed E-state index contributed by atoms with van der Waals surface area (Å²) < 4.78 is 25.4. The summed E-state index contributed by atoms with van der Waals surface area (Å²) in [7, 11) is 1.56. The number of allylic oxidation sites excluding steroid dienone is 1. The van der Waals surface area contributed by atoms with Gasteiger partial charge in [0.15, 0.2) is 16.3 Å². The van der Waals surface area contributed by atoms with Gasteiger partial charge in [-0.15, -0.1) is 0 Å². The van der Waals surface area contributed by atoms with Crippen molar-refractivity contribution < 1.29 is 28.5 Å². The van der Waals surface area contributed by atoms with Gasteiger partial charge in [0.2, 0.25) is 0 Å². The number of carbonyl (C=O) groups is 2. The van der Waals surface area contributed by atoms with Crippen LogP contribution in [-0.4, -0.2) is 36.8 Å². The molecule has 10 nitrogen and oxygen atoms in total. The Morgan fingerprint density at radius 2 is 1.69 bits per heavy atom. The number of anilines is 1. The van der Waals surface area contributed by atoms with Crippen LogP contribution in [0.2, 0.25) is 0 Å². The molecule has 1 N–H and O–H groups in total. The fraction of sp³-hybridized carbons (Fsp3) is 0.200. The minimum Gasteiger partial charge on any atom is -0.494 e. The van der Waals surface area contributed by atoms with Crippen LogP contribution in [0.4, 0.5) is 5.69 Å². The van der Waals surface area contributed by atoms with E-state index in [1.165, 1.54) is 11.3 Å². The summed E-state index contributed by atoms with van der Waals surface area (Å²) in [6.07, 6.45) is 1.80. The molecule has 2 heterocycles. The smallest absolute Gasteiger partial charge is 0.338 e. The Labute approximate surface area is 318 Å². The topological polar surface area (TPSA) is 117 Å². The maximum Gasteiger partial charge on any atom is 0.338 e. The number of thiazole rings is 1. The van der Waals surface area contributed by atoms with Gasteiger partial charge < -0.3 is 24.3 Å². The third-order valence-corrected chi connectivity index (χ3v) is 9.99. The molecule has 12 heteroatoms. The molecule has 0 spiro atoms. The predicted octanol–water partition coefficient (Wildman–Crippen LogP) is 6.64. The van der Waals surface area contributed by atoms with E-state index in [1.54, 1.807) is 43.7 Å². The van der Waals surface area contributed by atoms with Gasteiger partial charge in [-0.25, -0.2) is 9.79 Å². The summed E-state index contributed by atoms with van der Waals surface area (Å²) >= 11 is 3.44. The normalized spacial score (nSPS) is 13.9. The monoisotopic (exact) mass is 829 g/mol. The van der Waals surface area contributed by atoms with Crippen LogP contribution in [0.1, 0.15) is 53.9 Å². The van der Waals surface area contributed by atoms with Gasteiger partial charge in [-0.2, -0.15) is 0 Å². The van der Waals surface area contributed by atoms with E-state index in [0.717, 1.165) is 20.3 Å². The Kier molecular flexibility index (Phi) is 11.6. The molecule has 0 aliphatic carbocycles. The summed E-state index contributed by atoms with van der Waals surface area (Å²) in [5.74, 6) is 1.03. The summed E-state index contributed by atoms with van der Waals surface area (Å²) in [6, 6.07) is 26.7. The van der Waals surface area contributed by atoms with E-state index in [1.807, 2.05) is 85.8 Å². The van der Waals surface area contributed by atoms with E-state index in [9.17, 15) is 14.4 Å². The zero-order chi connectivity index (χ0) is 36.8. The number of carbonyl (C=O) groups excluding carboxylic acids is 2. The van der Waals surface area contributed by atoms with E-state index in [-0.39, 0.29) is 24.0 Å². The number of hydrogen-bond donors (Lipinski definition) is 1. The van der Waals surface area contributed by atoms with Crippen molar-refractivity contribution in [2.45, 2.75) is 33.4 Å². The summed E-state index contributed by atoms with van der Waals surface area (Å²) in [4.78, 5) is 45.4. The Hall–Kier alpha value is -5.21. The lowest BCUT2D eigenvalue weighted by molar-refractivity contribution is -0.113. The average molecular weight is 830 g/mol. The Morgan fingerprint density at radius 3 is 2.37 bits per heavy atom. The minimum absolute atomic E-state index is 0.249. The van der Waals surface area contributed by atoms with Gasteiger partial charge in [0.25, 0.3) is 11.5 Å². The highest BCUT2D eigenvalue weighted by Gasteiger charge is 2.32. The molecule has 5 aromatic rings. The van der Waals surface area contributed by atoms with E-state index >= 15 is 0 Å². The van der Waals surface area contributed by atoms with E-state index in [2.05, 4.69) is 27.9 Å². The third-order valence-electron chi connectivity index (χ3n) is 8.20. The molecule has 4 aromatic carbocycles. The molecule has 266 valence electrons. The van der Waals surface area contributed by atoms with Crippen molar-refractivity contribution in [1.29, 1.82) is 0 Å². The first-order valence-electron chi connectivity index (χ1n) is 16.6. The second-order valence-corrected chi connectivity index (χ2v) is 13.8. The number of rotatable bonds is 12. The number of halogens is 1. The van der Waals surface area contributed by atoms with Crippen LogP contribution in [0, 0.1) is 3.57 Å². The van der Waals surface area contributed by atoms with Gasteiger partial charge >= 0.3 is 5.97 Å². The van der Waals surface area contributed by atoms with Crippen molar-refractivity contribution >= 4 is 57.6 Å². The molecule has 1 amide bonds. The Balaban J connectivity index is 1.34. The highest BCUT2D eigenvalue weighted by molar-refractivity contribution is 14.1. The third kappa shape index (κ3) is 7.97. The van der Waals surface area contributed by atoms with Crippen molar-refractivity contribution in [2.75, 3.05) is 25.6 Å². The molecule has 1 aliphatic rings. The molecule has 0 fully saturated rings. The van der Waals surface area contributed by atoms with Crippen LogP contribution in [0.25, 0.3) is 6.08 Å². The van der Waals surface area contributed by atoms with Gasteiger partial charge in [0.1, 0.15) is 12.4 Å². The van der Waals surface area contributed by atoms with Crippen molar-refractivity contribution in [1.82, 2.24) is 4.57 Å². The van der Waals surface area contributed by atoms with Crippen molar-refractivity contribution in [3.63, 3.8) is 0 Å². The number of aromatic nitrogens is 1. The largest absolute Gasteiger partial charge is 0.494 e. The number of para-hydroxylation sites is 1. The molecular weight excluding hydrogens is 793 g/mol. The Bertz CT molecular complexity index is 2320. The molecule has 0 radical (unpaired) electrons. The van der Waals surface area contributed by atoms with Crippen LogP contribution in [0.15, 0.2) is 112 Å². The number of benzene rings is 4. The molecule has 1 aliphatic heterocycles. The molecule has 0 saturated heterocycles. The van der Waals surface area contributed by atoms with Crippen molar-refractivity contribution in [3.05, 3.63) is 148 Å². The van der Waals surface area contributed by atoms with E-state index in [0.29, 0.717) is 62.3 Å². The standard InChI is InChI=1S/C40H36IN3O7S/c1-5-49-30-18-16-27(17-19-30)35-34(37(45)43-29-10-8-7-9-11-29)24(3)42-40-44(35)38(46)33(52-40)22-26-20-31(41)36(32(21-26)48-4)51-23-25-12-14-28(15-13-25)39(47)50-6-2/h7-22,35H,5-6,23H2,1-4H3,(H,43,45)/b33-22-/t35-/m0/s1. The molecule has 6 rings (SSSR count). The SMILES string of the molecule is CCOC(=O)c1ccc(COc2c(I)cc(/C=c3\sc4n(c3=O)[C@@H](c3ccc(OCC)cc3)C(C(=O)Nc3ccccc3)=C(C)N=4)cc2OC)cc1. The van der Waals surface area contributed by atoms with Crippen molar-refractivity contribution in [3.8, 4) is 17.2 Å². The molecule has 1 aromatic heterocycles. The molecule has 0 saturated carbocycles. The van der Waals surface area contributed by atoms with Gasteiger partial charge in [-0.1, -0.05) is 53.8 Å². The molecule has 1 atom stereocenters. The van der Waals surface area contributed by atoms with Crippen LogP contribution < -0.4 is 34.4 Å². The van der Waals surface area contributed by atoms with Gasteiger partial charge in [-0.05, 0) is 115 Å². The lowest BCUT2D eigenvalue weighted by Gasteiger charge is -2.25. The first kappa shape index (κ1) is 36.6. The summed E-state index contributed by atoms with van der Waals surface area (Å²) in [5, 5.41) is 2.98. The maximum absolute atomic E-state index is 14.3. The second kappa shape index (κ2) is 16.4. The number of ether oxygens (including phenoxy) is 4. The fourth-order valence-electron chi connectivity index (χ4n) is 5.78. The molecule has 0 unspecified atom stereocenters. The van der Waals surface area contributed by atoms with Crippen molar-refractivity contribution in [2.24, 2.45) is 4.99 Å². The average Bonchev–Trinajstić information content (AvgIpc) is 3.44. The Morgan fingerprint density at radius 1 is 0.962 bits per heavy atom. The number of methoxy groups -OCH3 is 1. The number of hydrogen-bond acceptors (Lipinski definition) is 9. The quantitative estimate of drug-likeness (QED) is 0.111. The molecular formula is C40H36IN3O7S. The number of nitrogens with one attached hydrogen (secondary N) is 1. The number of amides is 1. The van der Waals surface area contributed by atoms with E-state index < -0.39 is 6.04 Å². The molecule has 0 bridgehead atoms. The first-order chi connectivity index (χ1) is 25.2. The summed E-state index contributed by atoms with van der Waals surface area (Å²) in [6.45, 7) is 6.55. The van der Waals surface area contributed by atoms with Crippen LogP contribution in [0.5, 0.6) is 17.2 Å². The number of fused-ring (bicyclic) bond motifs is 1. The second-order valence-electron chi connectivity index (χ2n) is 11.6. The number of nitrogens with zero attached hydrogens (tertiary/aromatic N) is 2. The lowest BCUT2D eigenvalue weighted by Crippen LogP contribution is -2.40. The summed E-state index contributed by atoms with van der Waals surface area (Å²) in [5.41, 5.74) is 4.07. The van der Waals surface area contributed by atoms with Gasteiger partial charge in [0, 0.05) is 5.69 Å². The van der Waals surface area contributed by atoms with Gasteiger partial charge in [0.05, 0.1) is 51.3 Å². The fourth-order valence-corrected chi connectivity index (χ4v) is 7.61. The zero-order valence-electron chi connectivity index (χ0n) is 29.0. The number of esters is 1. The van der Waals surface area contributed by atoms with Crippen LogP contribution in [0.3, 0.4) is 0 Å². The maximum atomic E-state index is 14.3. The minimum atomic E-state index is -0.727. The highest BCUT2D eigenvalue weighted by Crippen LogP contribution is 2.35. The van der Waals surface area contributed by atoms with Crippen LogP contribution in [-0.2, 0) is 16.1 Å². The zero-order valence-corrected chi connectivity index (χ0v) is 31.9. The van der Waals surface area contributed by atoms with Gasteiger partial charge in [-0.3, -0.25) is 14.2 Å². The highest BCUT2D eigenvalue weighted by atomic mass is 127. The predicted molar refractivity (Wildman–Crippen MR) is 209 cm³/mol. The van der Waals surface area contributed by atoms with Crippen LogP contribution >= 0.6 is 33.9 Å². The van der Waals surface area contributed by atoms with E-state index in [4.69, 9.17) is 23.9 Å². The lowest BCUT2D eigenvalue weighted by atomic mass is 9.95.